The Hall–Kier alpha value is -0.110. The van der Waals surface area contributed by atoms with Crippen LogP contribution < -0.4 is 0 Å². The first-order valence-electron chi connectivity index (χ1n) is 2.95. The van der Waals surface area contributed by atoms with Crippen LogP contribution in [0.3, 0.4) is 0 Å². The van der Waals surface area contributed by atoms with E-state index < -0.39 is 0 Å². The molecule has 2 heteroatoms. The summed E-state index contributed by atoms with van der Waals surface area (Å²) in [6, 6.07) is 0. The number of ether oxygens (including phenoxy) is 1. The maximum absolute atomic E-state index is 11.6. The maximum atomic E-state index is 11.6. The first-order valence-corrected chi connectivity index (χ1v) is 2.95. The zero-order valence-electron chi connectivity index (χ0n) is 5.48. The molecule has 0 aliphatic rings. The van der Waals surface area contributed by atoms with Crippen molar-refractivity contribution >= 4 is 0 Å². The van der Waals surface area contributed by atoms with E-state index in [0.29, 0.717) is 13.2 Å². The highest BCUT2D eigenvalue weighted by molar-refractivity contribution is 4.45. The average Bonchev–Trinajstić information content (AvgIpc) is 1.83. The molecule has 0 fully saturated rings. The van der Waals surface area contributed by atoms with E-state index in [1.165, 1.54) is 0 Å². The molecule has 0 amide bonds. The smallest absolute Gasteiger partial charge is 0.0941 e. The predicted molar refractivity (Wildman–Crippen MR) is 31.6 cm³/mol. The minimum Gasteiger partial charge on any atom is -0.381 e. The molecule has 0 saturated heterocycles. The van der Waals surface area contributed by atoms with Crippen LogP contribution in [0.2, 0.25) is 0 Å². The van der Waals surface area contributed by atoms with E-state index in [2.05, 4.69) is 0 Å². The molecule has 0 heterocycles. The molecular weight excluding hydrogens is 107 g/mol. The number of alkyl halides is 1. The molecule has 8 heavy (non-hydrogen) atoms. The van der Waals surface area contributed by atoms with Crippen LogP contribution in [0.25, 0.3) is 0 Å². The molecule has 0 aromatic carbocycles. The van der Waals surface area contributed by atoms with Gasteiger partial charge in [-0.15, -0.1) is 0 Å². The van der Waals surface area contributed by atoms with Gasteiger partial charge < -0.3 is 4.74 Å². The lowest BCUT2D eigenvalue weighted by molar-refractivity contribution is 0.106. The second-order valence-electron chi connectivity index (χ2n) is 1.92. The highest BCUT2D eigenvalue weighted by Gasteiger charge is 1.97. The van der Waals surface area contributed by atoms with Gasteiger partial charge in [0.15, 0.2) is 0 Å². The van der Waals surface area contributed by atoms with Gasteiger partial charge >= 0.3 is 0 Å². The number of hydrogen-bond acceptors (Lipinski definition) is 1. The highest BCUT2D eigenvalue weighted by atomic mass is 19.1. The van der Waals surface area contributed by atoms with Crippen molar-refractivity contribution in [2.75, 3.05) is 19.9 Å². The second-order valence-corrected chi connectivity index (χ2v) is 1.92. The van der Waals surface area contributed by atoms with Gasteiger partial charge in [0.25, 0.3) is 0 Å². The Morgan fingerprint density at radius 3 is 2.62 bits per heavy atom. The van der Waals surface area contributed by atoms with E-state index >= 15 is 0 Å². The van der Waals surface area contributed by atoms with Crippen LogP contribution in [0.15, 0.2) is 0 Å². The van der Waals surface area contributed by atoms with Crippen molar-refractivity contribution in [2.24, 2.45) is 5.92 Å². The van der Waals surface area contributed by atoms with Crippen LogP contribution >= 0.6 is 0 Å². The summed E-state index contributed by atoms with van der Waals surface area (Å²) in [5.41, 5.74) is 0. The molecule has 0 N–H and O–H groups in total. The Kier molecular flexibility index (Phi) is 4.97. The number of hydrogen-bond donors (Lipinski definition) is 0. The summed E-state index contributed by atoms with van der Waals surface area (Å²) in [5.74, 6) is 0.0648. The molecule has 0 aliphatic carbocycles. The molecule has 0 radical (unpaired) electrons. The lowest BCUT2D eigenvalue weighted by Gasteiger charge is -2.04. The Labute approximate surface area is 49.8 Å². The van der Waals surface area contributed by atoms with Crippen molar-refractivity contribution in [1.82, 2.24) is 0 Å². The van der Waals surface area contributed by atoms with Gasteiger partial charge in [-0.3, -0.25) is 4.39 Å². The Morgan fingerprint density at radius 2 is 2.25 bits per heavy atom. The van der Waals surface area contributed by atoms with Gasteiger partial charge in [0.1, 0.15) is 0 Å². The molecule has 50 valence electrons. The third-order valence-electron chi connectivity index (χ3n) is 0.870. The number of rotatable bonds is 4. The summed E-state index contributed by atoms with van der Waals surface area (Å²) in [6.45, 7) is 4.69. The molecular formula is C6H13FO. The Bertz CT molecular complexity index is 47.8. The summed E-state index contributed by atoms with van der Waals surface area (Å²) in [7, 11) is 0. The fourth-order valence-corrected chi connectivity index (χ4v) is 0.364. The number of halogens is 1. The van der Waals surface area contributed by atoms with Crippen LogP contribution in [0.4, 0.5) is 4.39 Å². The van der Waals surface area contributed by atoms with Gasteiger partial charge in [0.2, 0.25) is 0 Å². The van der Waals surface area contributed by atoms with E-state index in [0.717, 1.165) is 0 Å². The van der Waals surface area contributed by atoms with Crippen molar-refractivity contribution in [3.8, 4) is 0 Å². The van der Waals surface area contributed by atoms with Crippen LogP contribution in [-0.4, -0.2) is 19.9 Å². The zero-order chi connectivity index (χ0) is 6.41. The quantitative estimate of drug-likeness (QED) is 0.548. The molecule has 1 atom stereocenters. The van der Waals surface area contributed by atoms with Crippen molar-refractivity contribution < 1.29 is 9.13 Å². The summed E-state index contributed by atoms with van der Waals surface area (Å²) in [5, 5.41) is 0. The lowest BCUT2D eigenvalue weighted by Crippen LogP contribution is -2.06. The van der Waals surface area contributed by atoms with Crippen LogP contribution in [0.5, 0.6) is 0 Å². The van der Waals surface area contributed by atoms with E-state index in [9.17, 15) is 4.39 Å². The third kappa shape index (κ3) is 4.06. The highest BCUT2D eigenvalue weighted by Crippen LogP contribution is 1.94. The van der Waals surface area contributed by atoms with Crippen molar-refractivity contribution in [3.63, 3.8) is 0 Å². The normalized spacial score (nSPS) is 13.9. The maximum Gasteiger partial charge on any atom is 0.0941 e. The molecule has 1 nitrogen and oxygen atoms in total. The Morgan fingerprint density at radius 1 is 1.62 bits per heavy atom. The van der Waals surface area contributed by atoms with Gasteiger partial charge in [-0.2, -0.15) is 0 Å². The third-order valence-corrected chi connectivity index (χ3v) is 0.870. The fourth-order valence-electron chi connectivity index (χ4n) is 0.364. The van der Waals surface area contributed by atoms with Crippen molar-refractivity contribution in [3.05, 3.63) is 0 Å². The van der Waals surface area contributed by atoms with E-state index in [1.54, 1.807) is 0 Å². The standard InChI is InChI=1S/C6H13FO/c1-3-8-5-6(2)4-7/h6H,3-5H2,1-2H3. The minimum atomic E-state index is -0.278. The minimum absolute atomic E-state index is 0.0648. The van der Waals surface area contributed by atoms with Crippen LogP contribution in [-0.2, 0) is 4.74 Å². The molecule has 0 aliphatic heterocycles. The van der Waals surface area contributed by atoms with Gasteiger partial charge in [0.05, 0.1) is 13.3 Å². The molecule has 0 aromatic rings. The average molecular weight is 120 g/mol. The zero-order valence-corrected chi connectivity index (χ0v) is 5.48. The lowest BCUT2D eigenvalue weighted by atomic mass is 10.2. The predicted octanol–water partition coefficient (Wildman–Crippen LogP) is 1.63. The van der Waals surface area contributed by atoms with E-state index in [4.69, 9.17) is 4.74 Å². The summed E-state index contributed by atoms with van der Waals surface area (Å²) in [4.78, 5) is 0. The largest absolute Gasteiger partial charge is 0.381 e. The van der Waals surface area contributed by atoms with E-state index in [-0.39, 0.29) is 12.6 Å². The molecule has 1 unspecified atom stereocenters. The summed E-state index contributed by atoms with van der Waals surface area (Å²) >= 11 is 0. The van der Waals surface area contributed by atoms with Gasteiger partial charge in [-0.05, 0) is 6.92 Å². The monoisotopic (exact) mass is 120 g/mol. The van der Waals surface area contributed by atoms with E-state index in [1.807, 2.05) is 13.8 Å². The Balaban J connectivity index is 2.86. The van der Waals surface area contributed by atoms with Gasteiger partial charge in [-0.25, -0.2) is 0 Å². The molecule has 0 aromatic heterocycles. The fraction of sp³-hybridized carbons (Fsp3) is 1.00. The summed E-state index contributed by atoms with van der Waals surface area (Å²) < 4.78 is 16.6. The van der Waals surface area contributed by atoms with Gasteiger partial charge in [-0.1, -0.05) is 6.92 Å². The molecule has 0 saturated carbocycles. The first kappa shape index (κ1) is 7.89. The van der Waals surface area contributed by atoms with Crippen LogP contribution in [0.1, 0.15) is 13.8 Å². The molecule has 0 spiro atoms. The van der Waals surface area contributed by atoms with Crippen LogP contribution in [0, 0.1) is 5.92 Å². The van der Waals surface area contributed by atoms with Crippen molar-refractivity contribution in [2.45, 2.75) is 13.8 Å². The topological polar surface area (TPSA) is 9.23 Å². The SMILES string of the molecule is CCOCC(C)CF. The first-order chi connectivity index (χ1) is 3.81. The summed E-state index contributed by atoms with van der Waals surface area (Å²) in [6.07, 6.45) is 0. The van der Waals surface area contributed by atoms with Crippen molar-refractivity contribution in [1.29, 1.82) is 0 Å². The molecule has 0 bridgehead atoms. The second kappa shape index (κ2) is 5.04. The molecule has 0 rings (SSSR count). The van der Waals surface area contributed by atoms with Gasteiger partial charge in [0, 0.05) is 12.5 Å².